The SMILES string of the molecule is O=C(Nc1ccc2n[nH]nc2c1)c1cncc(N2CCN(C(=O)O)CC2)c1. The predicted octanol–water partition coefficient (Wildman–Crippen LogP) is 1.41. The van der Waals surface area contributed by atoms with Crippen LogP contribution in [0.1, 0.15) is 10.4 Å². The Kier molecular flexibility index (Phi) is 4.29. The number of rotatable bonds is 3. The van der Waals surface area contributed by atoms with Gasteiger partial charge in [0, 0.05) is 38.1 Å². The van der Waals surface area contributed by atoms with E-state index < -0.39 is 6.09 Å². The summed E-state index contributed by atoms with van der Waals surface area (Å²) in [4.78, 5) is 31.1. The van der Waals surface area contributed by atoms with Crippen molar-refractivity contribution in [3.8, 4) is 0 Å². The van der Waals surface area contributed by atoms with Gasteiger partial charge in [0.25, 0.3) is 5.91 Å². The minimum absolute atomic E-state index is 0.281. The highest BCUT2D eigenvalue weighted by atomic mass is 16.4. The monoisotopic (exact) mass is 367 g/mol. The summed E-state index contributed by atoms with van der Waals surface area (Å²) in [6.07, 6.45) is 2.26. The van der Waals surface area contributed by atoms with E-state index >= 15 is 0 Å². The first kappa shape index (κ1) is 16.8. The van der Waals surface area contributed by atoms with Gasteiger partial charge in [-0.15, -0.1) is 0 Å². The van der Waals surface area contributed by atoms with Crippen LogP contribution in [0.15, 0.2) is 36.7 Å². The number of hydrogen-bond donors (Lipinski definition) is 3. The van der Waals surface area contributed by atoms with Crippen LogP contribution in [0.2, 0.25) is 0 Å². The standard InChI is InChI=1S/C17H17N7O3/c25-16(19-12-1-2-14-15(8-12)21-22-20-14)11-7-13(10-18-9-11)23-3-5-24(6-4-23)17(26)27/h1-2,7-10H,3-6H2,(H,19,25)(H,26,27)(H,20,21,22). The van der Waals surface area contributed by atoms with Crippen molar-refractivity contribution in [1.82, 2.24) is 25.3 Å². The van der Waals surface area contributed by atoms with E-state index in [1.54, 1.807) is 30.5 Å². The molecule has 0 aliphatic carbocycles. The van der Waals surface area contributed by atoms with Gasteiger partial charge in [-0.25, -0.2) is 4.79 Å². The first-order valence-electron chi connectivity index (χ1n) is 8.40. The number of carboxylic acid groups (broad SMARTS) is 1. The van der Waals surface area contributed by atoms with Crippen molar-refractivity contribution in [1.29, 1.82) is 0 Å². The fourth-order valence-corrected chi connectivity index (χ4v) is 3.00. The third-order valence-corrected chi connectivity index (χ3v) is 4.48. The molecule has 1 aliphatic heterocycles. The van der Waals surface area contributed by atoms with Crippen LogP contribution < -0.4 is 10.2 Å². The van der Waals surface area contributed by atoms with Gasteiger partial charge in [0.05, 0.1) is 17.4 Å². The highest BCUT2D eigenvalue weighted by Gasteiger charge is 2.21. The van der Waals surface area contributed by atoms with Gasteiger partial charge in [-0.05, 0) is 24.3 Å². The zero-order valence-electron chi connectivity index (χ0n) is 14.3. The van der Waals surface area contributed by atoms with E-state index in [4.69, 9.17) is 5.11 Å². The Hall–Kier alpha value is -3.69. The fraction of sp³-hybridized carbons (Fsp3) is 0.235. The summed E-state index contributed by atoms with van der Waals surface area (Å²) in [6.45, 7) is 1.96. The van der Waals surface area contributed by atoms with Crippen molar-refractivity contribution >= 4 is 34.4 Å². The summed E-state index contributed by atoms with van der Waals surface area (Å²) in [5.74, 6) is -0.281. The number of carbonyl (C=O) groups excluding carboxylic acids is 1. The second-order valence-electron chi connectivity index (χ2n) is 6.17. The van der Waals surface area contributed by atoms with E-state index in [0.717, 1.165) is 11.2 Å². The molecule has 27 heavy (non-hydrogen) atoms. The normalized spacial score (nSPS) is 14.4. The van der Waals surface area contributed by atoms with Crippen LogP contribution in [0.3, 0.4) is 0 Å². The largest absolute Gasteiger partial charge is 0.465 e. The van der Waals surface area contributed by atoms with Gasteiger partial charge in [-0.2, -0.15) is 15.4 Å². The zero-order chi connectivity index (χ0) is 18.8. The highest BCUT2D eigenvalue weighted by Crippen LogP contribution is 2.19. The van der Waals surface area contributed by atoms with E-state index in [9.17, 15) is 9.59 Å². The van der Waals surface area contributed by atoms with Gasteiger partial charge in [-0.1, -0.05) is 0 Å². The number of carbonyl (C=O) groups is 2. The van der Waals surface area contributed by atoms with E-state index in [1.807, 2.05) is 4.90 Å². The van der Waals surface area contributed by atoms with Crippen LogP contribution in [0.4, 0.5) is 16.2 Å². The number of aromatic amines is 1. The summed E-state index contributed by atoms with van der Waals surface area (Å²) in [7, 11) is 0. The second kappa shape index (κ2) is 6.90. The van der Waals surface area contributed by atoms with Gasteiger partial charge >= 0.3 is 6.09 Å². The number of hydrogen-bond acceptors (Lipinski definition) is 6. The average molecular weight is 367 g/mol. The number of nitrogens with zero attached hydrogens (tertiary/aromatic N) is 5. The summed E-state index contributed by atoms with van der Waals surface area (Å²) in [6, 6.07) is 7.02. The molecule has 0 radical (unpaired) electrons. The molecule has 0 spiro atoms. The molecule has 10 nitrogen and oxygen atoms in total. The molecule has 3 heterocycles. The van der Waals surface area contributed by atoms with Crippen LogP contribution in [0.25, 0.3) is 11.0 Å². The lowest BCUT2D eigenvalue weighted by molar-refractivity contribution is 0.102. The molecular formula is C17H17N7O3. The van der Waals surface area contributed by atoms with Crippen molar-refractivity contribution in [3.63, 3.8) is 0 Å². The Morgan fingerprint density at radius 3 is 2.59 bits per heavy atom. The van der Waals surface area contributed by atoms with Crippen molar-refractivity contribution in [2.75, 3.05) is 36.4 Å². The average Bonchev–Trinajstić information content (AvgIpc) is 3.16. The van der Waals surface area contributed by atoms with Gasteiger partial charge < -0.3 is 20.2 Å². The summed E-state index contributed by atoms with van der Waals surface area (Å²) >= 11 is 0. The Balaban J connectivity index is 1.46. The number of amides is 2. The number of nitrogens with one attached hydrogen (secondary N) is 2. The van der Waals surface area contributed by atoms with Crippen LogP contribution >= 0.6 is 0 Å². The first-order chi connectivity index (χ1) is 13.1. The van der Waals surface area contributed by atoms with Crippen LogP contribution in [-0.2, 0) is 0 Å². The molecule has 2 amide bonds. The number of aromatic nitrogens is 4. The van der Waals surface area contributed by atoms with E-state index in [2.05, 4.69) is 25.7 Å². The maximum absolute atomic E-state index is 12.6. The van der Waals surface area contributed by atoms with Gasteiger partial charge in [0.1, 0.15) is 11.0 Å². The van der Waals surface area contributed by atoms with Crippen molar-refractivity contribution < 1.29 is 14.7 Å². The Morgan fingerprint density at radius 2 is 1.81 bits per heavy atom. The number of fused-ring (bicyclic) bond motifs is 1. The minimum atomic E-state index is -0.912. The number of benzene rings is 1. The number of piperazine rings is 1. The summed E-state index contributed by atoms with van der Waals surface area (Å²) in [5.41, 5.74) is 3.21. The molecule has 1 saturated heterocycles. The molecular weight excluding hydrogens is 350 g/mol. The van der Waals surface area contributed by atoms with Gasteiger partial charge in [0.2, 0.25) is 0 Å². The van der Waals surface area contributed by atoms with Crippen molar-refractivity contribution in [2.45, 2.75) is 0 Å². The van der Waals surface area contributed by atoms with Crippen molar-refractivity contribution in [3.05, 3.63) is 42.2 Å². The quantitative estimate of drug-likeness (QED) is 0.638. The number of pyridine rings is 1. The maximum atomic E-state index is 12.6. The molecule has 2 aromatic heterocycles. The lowest BCUT2D eigenvalue weighted by Crippen LogP contribution is -2.48. The topological polar surface area (TPSA) is 127 Å². The molecule has 3 aromatic rings. The van der Waals surface area contributed by atoms with Crippen LogP contribution in [0, 0.1) is 0 Å². The molecule has 0 bridgehead atoms. The molecule has 0 atom stereocenters. The molecule has 0 saturated carbocycles. The minimum Gasteiger partial charge on any atom is -0.465 e. The third kappa shape index (κ3) is 3.50. The lowest BCUT2D eigenvalue weighted by atomic mass is 10.2. The molecule has 1 aromatic carbocycles. The highest BCUT2D eigenvalue weighted by molar-refractivity contribution is 6.05. The number of H-pyrrole nitrogens is 1. The summed E-state index contributed by atoms with van der Waals surface area (Å²) < 4.78 is 0. The molecule has 10 heteroatoms. The molecule has 1 fully saturated rings. The predicted molar refractivity (Wildman–Crippen MR) is 97.9 cm³/mol. The Morgan fingerprint density at radius 1 is 1.04 bits per heavy atom. The van der Waals surface area contributed by atoms with Crippen LogP contribution in [0.5, 0.6) is 0 Å². The summed E-state index contributed by atoms with van der Waals surface area (Å²) in [5, 5.41) is 22.4. The fourth-order valence-electron chi connectivity index (χ4n) is 3.00. The molecule has 4 rings (SSSR count). The molecule has 138 valence electrons. The van der Waals surface area contributed by atoms with Crippen LogP contribution in [-0.4, -0.2) is 68.6 Å². The molecule has 1 aliphatic rings. The first-order valence-corrected chi connectivity index (χ1v) is 8.40. The van der Waals surface area contributed by atoms with E-state index in [-0.39, 0.29) is 5.91 Å². The van der Waals surface area contributed by atoms with E-state index in [1.165, 1.54) is 11.1 Å². The lowest BCUT2D eigenvalue weighted by Gasteiger charge is -2.34. The maximum Gasteiger partial charge on any atom is 0.407 e. The molecule has 0 unspecified atom stereocenters. The van der Waals surface area contributed by atoms with E-state index in [0.29, 0.717) is 42.9 Å². The molecule has 3 N–H and O–H groups in total. The van der Waals surface area contributed by atoms with Crippen molar-refractivity contribution in [2.24, 2.45) is 0 Å². The Bertz CT molecular complexity index is 995. The number of anilines is 2. The third-order valence-electron chi connectivity index (χ3n) is 4.48. The van der Waals surface area contributed by atoms with Gasteiger partial charge in [0.15, 0.2) is 0 Å². The smallest absolute Gasteiger partial charge is 0.407 e. The second-order valence-corrected chi connectivity index (χ2v) is 6.17. The Labute approximate surface area is 153 Å². The zero-order valence-corrected chi connectivity index (χ0v) is 14.3. The van der Waals surface area contributed by atoms with Gasteiger partial charge in [-0.3, -0.25) is 9.78 Å².